The molecule has 0 aromatic carbocycles. The molecule has 0 spiro atoms. The second kappa shape index (κ2) is 7.63. The summed E-state index contributed by atoms with van der Waals surface area (Å²) in [5.74, 6) is -0.558. The Kier molecular flexibility index (Phi) is 6.37. The Labute approximate surface area is 132 Å². The lowest BCUT2D eigenvalue weighted by Gasteiger charge is -2.16. The first-order valence-corrected chi connectivity index (χ1v) is 7.27. The summed E-state index contributed by atoms with van der Waals surface area (Å²) in [6, 6.07) is 1.57. The quantitative estimate of drug-likeness (QED) is 0.834. The summed E-state index contributed by atoms with van der Waals surface area (Å²) in [5.41, 5.74) is -0.384. The molecule has 8 heteroatoms. The van der Waals surface area contributed by atoms with E-state index in [1.807, 2.05) is 19.2 Å². The molecule has 0 radical (unpaired) electrons. The molecule has 0 aliphatic heterocycles. The van der Waals surface area contributed by atoms with Crippen LogP contribution in [0.1, 0.15) is 36.2 Å². The molecule has 0 saturated heterocycles. The highest BCUT2D eigenvalue weighted by Crippen LogP contribution is 2.19. The maximum absolute atomic E-state index is 12.3. The van der Waals surface area contributed by atoms with E-state index in [2.05, 4.69) is 0 Å². The van der Waals surface area contributed by atoms with Crippen LogP contribution in [0.25, 0.3) is 0 Å². The normalized spacial score (nSPS) is 13.2. The molecule has 1 aromatic heterocycles. The number of halogens is 3. The number of pyridine rings is 1. The van der Waals surface area contributed by atoms with E-state index in [0.717, 1.165) is 6.42 Å². The molecule has 130 valence electrons. The molecule has 0 fully saturated rings. The fraction of sp³-hybridized carbons (Fsp3) is 0.600. The molecule has 2 N–H and O–H groups in total. The van der Waals surface area contributed by atoms with Crippen LogP contribution in [0.4, 0.5) is 13.2 Å². The summed E-state index contributed by atoms with van der Waals surface area (Å²) in [6.07, 6.45) is -5.20. The van der Waals surface area contributed by atoms with Crippen molar-refractivity contribution in [3.05, 3.63) is 33.7 Å². The number of nitrogens with zero attached hydrogens (tertiary/aromatic N) is 1. The predicted molar refractivity (Wildman–Crippen MR) is 79.3 cm³/mol. The number of hydrogen-bond donors (Lipinski definition) is 2. The van der Waals surface area contributed by atoms with E-state index in [1.54, 1.807) is 12.3 Å². The third-order valence-electron chi connectivity index (χ3n) is 3.38. The Morgan fingerprint density at radius 3 is 2.52 bits per heavy atom. The standard InChI is InChI=1S/C15H21F3N2O3/c1-9(2)4-6-20-7-5-10(3)12(14(20)23)13(22)19-8-11(21)15(16,17)18/h5,7,9,11,21H,4,6,8H2,1-3H3,(H,19,22). The number of carbonyl (C=O) groups excluding carboxylic acids is 1. The molecule has 0 saturated carbocycles. The second-order valence-electron chi connectivity index (χ2n) is 5.82. The third kappa shape index (κ3) is 5.38. The molecule has 1 aromatic rings. The smallest absolute Gasteiger partial charge is 0.382 e. The molecule has 1 rings (SSSR count). The largest absolute Gasteiger partial charge is 0.416 e. The van der Waals surface area contributed by atoms with Crippen molar-refractivity contribution in [3.8, 4) is 0 Å². The Morgan fingerprint density at radius 2 is 2.00 bits per heavy atom. The highest BCUT2D eigenvalue weighted by molar-refractivity contribution is 5.95. The van der Waals surface area contributed by atoms with Gasteiger partial charge in [-0.3, -0.25) is 9.59 Å². The third-order valence-corrected chi connectivity index (χ3v) is 3.38. The van der Waals surface area contributed by atoms with Gasteiger partial charge in [0.25, 0.3) is 11.5 Å². The number of alkyl halides is 3. The van der Waals surface area contributed by atoms with Crippen LogP contribution in [0, 0.1) is 12.8 Å². The van der Waals surface area contributed by atoms with Gasteiger partial charge < -0.3 is 15.0 Å². The summed E-state index contributed by atoms with van der Waals surface area (Å²) in [5, 5.41) is 10.9. The highest BCUT2D eigenvalue weighted by Gasteiger charge is 2.38. The van der Waals surface area contributed by atoms with Crippen LogP contribution < -0.4 is 10.9 Å². The zero-order chi connectivity index (χ0) is 17.8. The van der Waals surface area contributed by atoms with Crippen LogP contribution in [0.5, 0.6) is 0 Å². The van der Waals surface area contributed by atoms with E-state index < -0.39 is 30.3 Å². The fourth-order valence-corrected chi connectivity index (χ4v) is 1.91. The van der Waals surface area contributed by atoms with Crippen molar-refractivity contribution in [3.63, 3.8) is 0 Å². The monoisotopic (exact) mass is 334 g/mol. The molecule has 1 atom stereocenters. The Balaban J connectivity index is 2.92. The van der Waals surface area contributed by atoms with Crippen LogP contribution in [-0.4, -0.2) is 34.4 Å². The van der Waals surface area contributed by atoms with Gasteiger partial charge in [0.2, 0.25) is 0 Å². The van der Waals surface area contributed by atoms with E-state index in [4.69, 9.17) is 5.11 Å². The van der Waals surface area contributed by atoms with Crippen LogP contribution in [0.3, 0.4) is 0 Å². The molecule has 0 aliphatic carbocycles. The van der Waals surface area contributed by atoms with Gasteiger partial charge >= 0.3 is 6.18 Å². The zero-order valence-corrected chi connectivity index (χ0v) is 13.3. The molecule has 23 heavy (non-hydrogen) atoms. The number of rotatable bonds is 6. The summed E-state index contributed by atoms with van der Waals surface area (Å²) in [6.45, 7) is 4.93. The number of amides is 1. The molecule has 1 unspecified atom stereocenters. The number of hydrogen-bond acceptors (Lipinski definition) is 3. The first kappa shape index (κ1) is 19.2. The number of nitrogens with one attached hydrogen (secondary N) is 1. The average molecular weight is 334 g/mol. The Bertz CT molecular complexity index is 609. The lowest BCUT2D eigenvalue weighted by molar-refractivity contribution is -0.201. The van der Waals surface area contributed by atoms with Crippen molar-refractivity contribution in [2.24, 2.45) is 5.92 Å². The van der Waals surface area contributed by atoms with Crippen LogP contribution in [0.2, 0.25) is 0 Å². The number of aryl methyl sites for hydroxylation is 2. The van der Waals surface area contributed by atoms with Crippen LogP contribution >= 0.6 is 0 Å². The van der Waals surface area contributed by atoms with Gasteiger partial charge in [-0.15, -0.1) is 0 Å². The molecule has 0 aliphatic rings. The number of carbonyl (C=O) groups is 1. The van der Waals surface area contributed by atoms with Crippen molar-refractivity contribution in [1.82, 2.24) is 9.88 Å². The van der Waals surface area contributed by atoms with Crippen molar-refractivity contribution in [2.45, 2.75) is 46.0 Å². The van der Waals surface area contributed by atoms with Crippen LogP contribution in [-0.2, 0) is 6.54 Å². The van der Waals surface area contributed by atoms with Crippen molar-refractivity contribution >= 4 is 5.91 Å². The van der Waals surface area contributed by atoms with Gasteiger partial charge in [-0.05, 0) is 30.9 Å². The first-order chi connectivity index (χ1) is 10.5. The topological polar surface area (TPSA) is 71.3 Å². The van der Waals surface area contributed by atoms with Gasteiger partial charge in [-0.1, -0.05) is 13.8 Å². The van der Waals surface area contributed by atoms with Crippen LogP contribution in [0.15, 0.2) is 17.1 Å². The summed E-state index contributed by atoms with van der Waals surface area (Å²) in [4.78, 5) is 24.3. The van der Waals surface area contributed by atoms with E-state index in [9.17, 15) is 22.8 Å². The van der Waals surface area contributed by atoms with Crippen molar-refractivity contribution < 1.29 is 23.1 Å². The molecule has 1 amide bonds. The number of aliphatic hydroxyl groups excluding tert-OH is 1. The Hall–Kier alpha value is -1.83. The molecular formula is C15H21F3N2O3. The lowest BCUT2D eigenvalue weighted by atomic mass is 10.1. The van der Waals surface area contributed by atoms with E-state index in [-0.39, 0.29) is 5.56 Å². The zero-order valence-electron chi connectivity index (χ0n) is 13.3. The fourth-order valence-electron chi connectivity index (χ4n) is 1.91. The van der Waals surface area contributed by atoms with Gasteiger partial charge in [-0.25, -0.2) is 0 Å². The molecular weight excluding hydrogens is 313 g/mol. The minimum Gasteiger partial charge on any atom is -0.382 e. The molecule has 1 heterocycles. The molecule has 0 bridgehead atoms. The highest BCUT2D eigenvalue weighted by atomic mass is 19.4. The van der Waals surface area contributed by atoms with Gasteiger partial charge in [0, 0.05) is 12.7 Å². The maximum atomic E-state index is 12.3. The predicted octanol–water partition coefficient (Wildman–Crippen LogP) is 1.86. The summed E-state index contributed by atoms with van der Waals surface area (Å²) >= 11 is 0. The number of aliphatic hydroxyl groups is 1. The van der Waals surface area contributed by atoms with Crippen molar-refractivity contribution in [1.29, 1.82) is 0 Å². The lowest BCUT2D eigenvalue weighted by Crippen LogP contribution is -2.42. The van der Waals surface area contributed by atoms with E-state index >= 15 is 0 Å². The SMILES string of the molecule is Cc1ccn(CCC(C)C)c(=O)c1C(=O)NCC(O)C(F)(F)F. The first-order valence-electron chi connectivity index (χ1n) is 7.27. The Morgan fingerprint density at radius 1 is 1.39 bits per heavy atom. The summed E-state index contributed by atoms with van der Waals surface area (Å²) in [7, 11) is 0. The van der Waals surface area contributed by atoms with E-state index in [0.29, 0.717) is 18.0 Å². The van der Waals surface area contributed by atoms with E-state index in [1.165, 1.54) is 11.5 Å². The minimum absolute atomic E-state index is 0.203. The number of aromatic nitrogens is 1. The summed E-state index contributed by atoms with van der Waals surface area (Å²) < 4.78 is 38.1. The van der Waals surface area contributed by atoms with Gasteiger partial charge in [0.05, 0.1) is 6.54 Å². The minimum atomic E-state index is -4.82. The molecule has 5 nitrogen and oxygen atoms in total. The van der Waals surface area contributed by atoms with Crippen molar-refractivity contribution in [2.75, 3.05) is 6.54 Å². The average Bonchev–Trinajstić information content (AvgIpc) is 2.42. The van der Waals surface area contributed by atoms with Gasteiger partial charge in [0.1, 0.15) is 5.56 Å². The van der Waals surface area contributed by atoms with Gasteiger partial charge in [-0.2, -0.15) is 13.2 Å². The maximum Gasteiger partial charge on any atom is 0.416 e. The van der Waals surface area contributed by atoms with Gasteiger partial charge in [0.15, 0.2) is 6.10 Å². The second-order valence-corrected chi connectivity index (χ2v) is 5.82.